The van der Waals surface area contributed by atoms with Crippen LogP contribution in [0.2, 0.25) is 0 Å². The summed E-state index contributed by atoms with van der Waals surface area (Å²) in [5, 5.41) is 0. The third kappa shape index (κ3) is 5.09. The zero-order valence-electron chi connectivity index (χ0n) is 25.0. The summed E-state index contributed by atoms with van der Waals surface area (Å²) in [5.74, 6) is 6.87. The van der Waals surface area contributed by atoms with Crippen molar-refractivity contribution < 1.29 is 9.47 Å². The Labute approximate surface area is 278 Å². The van der Waals surface area contributed by atoms with E-state index in [1.807, 2.05) is 0 Å². The van der Waals surface area contributed by atoms with Crippen LogP contribution in [0, 0.1) is 0 Å². The summed E-state index contributed by atoms with van der Waals surface area (Å²) in [5.41, 5.74) is 11.4. The molecule has 0 amide bonds. The highest BCUT2D eigenvalue weighted by atomic mass is 32.2. The van der Waals surface area contributed by atoms with Crippen molar-refractivity contribution in [2.24, 2.45) is 0 Å². The number of thioether (sulfide) groups is 4. The quantitative estimate of drug-likeness (QED) is 0.149. The third-order valence-corrected chi connectivity index (χ3v) is 16.2. The van der Waals surface area contributed by atoms with E-state index in [0.29, 0.717) is 0 Å². The van der Waals surface area contributed by atoms with E-state index in [1.165, 1.54) is 93.2 Å². The van der Waals surface area contributed by atoms with E-state index in [2.05, 4.69) is 132 Å². The predicted octanol–water partition coefficient (Wildman–Crippen LogP) is 10.8. The molecule has 0 atom stereocenters. The lowest BCUT2D eigenvalue weighted by atomic mass is 10.1. The van der Waals surface area contributed by atoms with Crippen molar-refractivity contribution in [3.63, 3.8) is 0 Å². The molecule has 0 N–H and O–H groups in total. The normalized spacial score (nSPS) is 17.9. The van der Waals surface area contributed by atoms with Gasteiger partial charge in [0.25, 0.3) is 0 Å². The van der Waals surface area contributed by atoms with E-state index in [1.54, 1.807) is 0 Å². The second-order valence-corrected chi connectivity index (χ2v) is 17.7. The second-order valence-electron chi connectivity index (χ2n) is 12.0. The summed E-state index contributed by atoms with van der Waals surface area (Å²) < 4.78 is 12.7. The first-order valence-electron chi connectivity index (χ1n) is 16.1. The van der Waals surface area contributed by atoms with E-state index >= 15 is 0 Å². The van der Waals surface area contributed by atoms with E-state index in [9.17, 15) is 0 Å². The van der Waals surface area contributed by atoms with Gasteiger partial charge in [0.1, 0.15) is 19.7 Å². The number of benzene rings is 4. The first-order chi connectivity index (χ1) is 21.8. The summed E-state index contributed by atoms with van der Waals surface area (Å²) in [6.45, 7) is 1.59. The van der Waals surface area contributed by atoms with Gasteiger partial charge in [-0.15, -0.1) is 47.0 Å². The maximum atomic E-state index is 6.27. The molecule has 226 valence electrons. The first-order valence-corrected chi connectivity index (χ1v) is 20.0. The molecule has 4 aromatic carbocycles. The van der Waals surface area contributed by atoms with Crippen LogP contribution in [0.3, 0.4) is 0 Å². The molecule has 0 unspecified atom stereocenters. The van der Waals surface area contributed by atoms with Crippen molar-refractivity contribution in [3.05, 3.63) is 107 Å². The number of rotatable bonds is 11. The Hall–Kier alpha value is -2.12. The van der Waals surface area contributed by atoms with Crippen LogP contribution in [0.15, 0.2) is 84.9 Å². The molecule has 2 fully saturated rings. The van der Waals surface area contributed by atoms with Crippen molar-refractivity contribution in [1.82, 2.24) is 0 Å². The number of unbranched alkanes of at least 4 members (excludes halogenated alkanes) is 5. The molecule has 2 saturated heterocycles. The maximum Gasteiger partial charge on any atom is 0.119 e. The molecule has 4 aromatic rings. The molecule has 6 heteroatoms. The van der Waals surface area contributed by atoms with Crippen LogP contribution < -0.4 is 9.47 Å². The van der Waals surface area contributed by atoms with Crippen LogP contribution >= 0.6 is 47.0 Å². The fourth-order valence-electron chi connectivity index (χ4n) is 7.28. The van der Waals surface area contributed by atoms with Gasteiger partial charge in [0.05, 0.1) is 13.2 Å². The molecule has 0 aromatic heterocycles. The number of ether oxygens (including phenoxy) is 2. The highest BCUT2D eigenvalue weighted by molar-refractivity contribution is 8.21. The number of hydrogen-bond donors (Lipinski definition) is 0. The van der Waals surface area contributed by atoms with Gasteiger partial charge in [-0.05, 0) is 81.6 Å². The summed E-state index contributed by atoms with van der Waals surface area (Å²) in [4.78, 5) is 0. The SMILES string of the molecule is c1ccc2c(c1)-c1ccc(OCCCCCCCCOc3ccc4c(c3)C3(SCCS3)c3ccccc3-4)cc1C21SCCS1. The average molecular weight is 655 g/mol. The molecule has 0 radical (unpaired) electrons. The van der Waals surface area contributed by atoms with E-state index < -0.39 is 0 Å². The Morgan fingerprint density at radius 1 is 0.432 bits per heavy atom. The van der Waals surface area contributed by atoms with Gasteiger partial charge in [-0.25, -0.2) is 0 Å². The molecular weight excluding hydrogens is 617 g/mol. The highest BCUT2D eigenvalue weighted by Gasteiger charge is 2.48. The fourth-order valence-corrected chi connectivity index (χ4v) is 14.1. The van der Waals surface area contributed by atoms with Crippen LogP contribution in [-0.2, 0) is 8.16 Å². The minimum Gasteiger partial charge on any atom is -0.494 e. The smallest absolute Gasteiger partial charge is 0.119 e. The molecule has 2 aliphatic heterocycles. The summed E-state index contributed by atoms with van der Waals surface area (Å²) in [6, 6.07) is 31.5. The summed E-state index contributed by atoms with van der Waals surface area (Å²) in [6.07, 6.45) is 7.17. The molecule has 2 aliphatic carbocycles. The highest BCUT2D eigenvalue weighted by Crippen LogP contribution is 2.65. The average Bonchev–Trinajstić information content (AvgIpc) is 3.86. The topological polar surface area (TPSA) is 18.5 Å². The third-order valence-electron chi connectivity index (χ3n) is 9.30. The van der Waals surface area contributed by atoms with Gasteiger partial charge in [0.2, 0.25) is 0 Å². The fraction of sp³-hybridized carbons (Fsp3) is 0.368. The van der Waals surface area contributed by atoms with Crippen LogP contribution in [0.5, 0.6) is 11.5 Å². The van der Waals surface area contributed by atoms with Gasteiger partial charge in [0, 0.05) is 23.0 Å². The van der Waals surface area contributed by atoms with E-state index in [4.69, 9.17) is 9.47 Å². The molecule has 44 heavy (non-hydrogen) atoms. The molecule has 2 nitrogen and oxygen atoms in total. The minimum atomic E-state index is 0.0532. The molecule has 2 spiro atoms. The Morgan fingerprint density at radius 2 is 0.818 bits per heavy atom. The van der Waals surface area contributed by atoms with Crippen LogP contribution in [0.4, 0.5) is 0 Å². The minimum absolute atomic E-state index is 0.0532. The molecular formula is C38H38O2S4. The molecule has 4 aliphatic rings. The van der Waals surface area contributed by atoms with E-state index in [-0.39, 0.29) is 8.16 Å². The van der Waals surface area contributed by atoms with Gasteiger partial charge in [0.15, 0.2) is 0 Å². The predicted molar refractivity (Wildman–Crippen MR) is 194 cm³/mol. The largest absolute Gasteiger partial charge is 0.494 e. The Kier molecular flexibility index (Phi) is 8.38. The van der Waals surface area contributed by atoms with Crippen molar-refractivity contribution in [2.75, 3.05) is 36.2 Å². The van der Waals surface area contributed by atoms with Crippen LogP contribution in [0.25, 0.3) is 22.3 Å². The van der Waals surface area contributed by atoms with Crippen molar-refractivity contribution in [3.8, 4) is 33.8 Å². The zero-order chi connectivity index (χ0) is 29.4. The maximum absolute atomic E-state index is 6.27. The molecule has 0 saturated carbocycles. The van der Waals surface area contributed by atoms with Gasteiger partial charge >= 0.3 is 0 Å². The molecule has 2 heterocycles. The lowest BCUT2D eigenvalue weighted by Gasteiger charge is -2.24. The Bertz CT molecular complexity index is 1530. The van der Waals surface area contributed by atoms with Gasteiger partial charge in [-0.1, -0.05) is 86.3 Å². The Morgan fingerprint density at radius 3 is 1.27 bits per heavy atom. The molecule has 0 bridgehead atoms. The van der Waals surface area contributed by atoms with Gasteiger partial charge in [-0.3, -0.25) is 0 Å². The standard InChI is InChI=1S/C38H38O2S4/c1(3-9-19-39-27-15-17-31-29-11-5-7-13-33(29)37(35(31)25-27)41-21-22-42-37)2-4-10-20-40-28-16-18-32-30-12-6-8-14-34(30)38(36(32)26-28)43-23-24-44-38/h5-8,11-18,25-26H,1-4,9-10,19-24H2. The monoisotopic (exact) mass is 654 g/mol. The second kappa shape index (κ2) is 12.6. The van der Waals surface area contributed by atoms with Crippen LogP contribution in [0.1, 0.15) is 60.8 Å². The zero-order valence-corrected chi connectivity index (χ0v) is 28.3. The van der Waals surface area contributed by atoms with Crippen molar-refractivity contribution in [1.29, 1.82) is 0 Å². The lowest BCUT2D eigenvalue weighted by molar-refractivity contribution is 0.297. The summed E-state index contributed by atoms with van der Waals surface area (Å²) >= 11 is 8.36. The van der Waals surface area contributed by atoms with Gasteiger partial charge < -0.3 is 9.47 Å². The van der Waals surface area contributed by atoms with Crippen molar-refractivity contribution in [2.45, 2.75) is 46.7 Å². The van der Waals surface area contributed by atoms with Gasteiger partial charge in [-0.2, -0.15) is 0 Å². The summed E-state index contributed by atoms with van der Waals surface area (Å²) in [7, 11) is 0. The first kappa shape index (κ1) is 29.3. The molecule has 8 rings (SSSR count). The number of hydrogen-bond acceptors (Lipinski definition) is 6. The number of fused-ring (bicyclic) bond motifs is 10. The van der Waals surface area contributed by atoms with E-state index in [0.717, 1.165) is 37.6 Å². The lowest BCUT2D eigenvalue weighted by Crippen LogP contribution is -2.12. The Balaban J connectivity index is 0.769. The van der Waals surface area contributed by atoms with Crippen LogP contribution in [-0.4, -0.2) is 36.2 Å². The van der Waals surface area contributed by atoms with Crippen molar-refractivity contribution >= 4 is 47.0 Å².